The van der Waals surface area contributed by atoms with Crippen molar-refractivity contribution in [1.82, 2.24) is 0 Å². The van der Waals surface area contributed by atoms with Gasteiger partial charge in [-0.1, -0.05) is 66.2 Å². The molecule has 0 fully saturated rings. The predicted octanol–water partition coefficient (Wildman–Crippen LogP) is 4.17. The van der Waals surface area contributed by atoms with E-state index < -0.39 is 0 Å². The van der Waals surface area contributed by atoms with Gasteiger partial charge in [-0.2, -0.15) is 0 Å². The van der Waals surface area contributed by atoms with Crippen molar-refractivity contribution in [2.75, 3.05) is 0 Å². The molecule has 2 aromatic rings. The van der Waals surface area contributed by atoms with Crippen LogP contribution >= 0.6 is 11.6 Å². The van der Waals surface area contributed by atoms with Crippen molar-refractivity contribution in [3.05, 3.63) is 76.8 Å². The van der Waals surface area contributed by atoms with Crippen LogP contribution in [0.15, 0.2) is 60.7 Å². The van der Waals surface area contributed by atoms with Crippen molar-refractivity contribution < 1.29 is 4.79 Å². The average Bonchev–Trinajstić information content (AvgIpc) is 2.42. The first kappa shape index (κ1) is 12.6. The van der Waals surface area contributed by atoms with E-state index in [9.17, 15) is 4.79 Å². The lowest BCUT2D eigenvalue weighted by molar-refractivity contribution is -0.103. The lowest BCUT2D eigenvalue weighted by atomic mass is 10.0. The van der Waals surface area contributed by atoms with Gasteiger partial charge in [0.1, 0.15) is 6.29 Å². The molecule has 0 radical (unpaired) electrons. The van der Waals surface area contributed by atoms with E-state index in [1.54, 1.807) is 0 Å². The highest BCUT2D eigenvalue weighted by atomic mass is 35.5. The molecule has 0 amide bonds. The van der Waals surface area contributed by atoms with Gasteiger partial charge >= 0.3 is 0 Å². The quantitative estimate of drug-likeness (QED) is 0.593. The molecule has 2 aromatic carbocycles. The van der Waals surface area contributed by atoms with Crippen LogP contribution in [-0.4, -0.2) is 6.29 Å². The van der Waals surface area contributed by atoms with Crippen LogP contribution in [0.4, 0.5) is 0 Å². The summed E-state index contributed by atoms with van der Waals surface area (Å²) in [7, 11) is 0. The normalized spacial score (nSPS) is 11.3. The number of rotatable bonds is 4. The monoisotopic (exact) mass is 256 g/mol. The highest BCUT2D eigenvalue weighted by molar-refractivity contribution is 6.31. The molecule has 18 heavy (non-hydrogen) atoms. The Balaban J connectivity index is 2.22. The van der Waals surface area contributed by atoms with E-state index in [1.807, 2.05) is 60.7 Å². The zero-order valence-electron chi connectivity index (χ0n) is 9.84. The first-order valence-corrected chi connectivity index (χ1v) is 6.13. The van der Waals surface area contributed by atoms with Gasteiger partial charge in [-0.05, 0) is 23.6 Å². The summed E-state index contributed by atoms with van der Waals surface area (Å²) in [4.78, 5) is 11.1. The Morgan fingerprint density at radius 2 is 1.67 bits per heavy atom. The van der Waals surface area contributed by atoms with Crippen molar-refractivity contribution in [1.29, 1.82) is 0 Å². The standard InChI is InChI=1S/C16H13ClO/c17-16-9-5-4-8-14(16)10-11-15(12-18)13-6-2-1-3-7-13/h1-9,11-12H,10H2. The smallest absolute Gasteiger partial charge is 0.150 e. The highest BCUT2D eigenvalue weighted by Gasteiger charge is 2.01. The van der Waals surface area contributed by atoms with Crippen LogP contribution < -0.4 is 0 Å². The minimum atomic E-state index is 0.655. The second kappa shape index (κ2) is 6.18. The third-order valence-electron chi connectivity index (χ3n) is 2.73. The van der Waals surface area contributed by atoms with Crippen molar-refractivity contribution in [3.8, 4) is 0 Å². The van der Waals surface area contributed by atoms with Crippen molar-refractivity contribution >= 4 is 23.5 Å². The van der Waals surface area contributed by atoms with Gasteiger partial charge in [0.25, 0.3) is 0 Å². The molecule has 0 saturated carbocycles. The van der Waals surface area contributed by atoms with E-state index in [4.69, 9.17) is 11.6 Å². The molecule has 0 atom stereocenters. The Morgan fingerprint density at radius 3 is 2.33 bits per heavy atom. The molecular weight excluding hydrogens is 244 g/mol. The van der Waals surface area contributed by atoms with E-state index in [-0.39, 0.29) is 0 Å². The molecule has 0 aliphatic rings. The Labute approximate surface area is 112 Å². The third kappa shape index (κ3) is 3.08. The third-order valence-corrected chi connectivity index (χ3v) is 3.10. The summed E-state index contributed by atoms with van der Waals surface area (Å²) in [6.45, 7) is 0. The van der Waals surface area contributed by atoms with E-state index in [1.165, 1.54) is 0 Å². The summed E-state index contributed by atoms with van der Waals surface area (Å²) >= 11 is 6.08. The number of carbonyl (C=O) groups excluding carboxylic acids is 1. The topological polar surface area (TPSA) is 17.1 Å². The molecule has 0 aliphatic heterocycles. The first-order valence-electron chi connectivity index (χ1n) is 5.75. The fourth-order valence-corrected chi connectivity index (χ4v) is 1.96. The van der Waals surface area contributed by atoms with Crippen LogP contribution in [0.2, 0.25) is 5.02 Å². The maximum atomic E-state index is 11.1. The Kier molecular flexibility index (Phi) is 4.32. The summed E-state index contributed by atoms with van der Waals surface area (Å²) in [5.74, 6) is 0. The van der Waals surface area contributed by atoms with Crippen LogP contribution in [0.25, 0.3) is 5.57 Å². The number of aldehydes is 1. The largest absolute Gasteiger partial charge is 0.298 e. The Morgan fingerprint density at radius 1 is 1.00 bits per heavy atom. The van der Waals surface area contributed by atoms with E-state index in [2.05, 4.69) is 0 Å². The summed E-state index contributed by atoms with van der Waals surface area (Å²) < 4.78 is 0. The maximum Gasteiger partial charge on any atom is 0.150 e. The maximum absolute atomic E-state index is 11.1. The van der Waals surface area contributed by atoms with Crippen molar-refractivity contribution in [2.24, 2.45) is 0 Å². The van der Waals surface area contributed by atoms with E-state index in [0.717, 1.165) is 22.4 Å². The van der Waals surface area contributed by atoms with Gasteiger partial charge in [-0.15, -0.1) is 0 Å². The zero-order valence-corrected chi connectivity index (χ0v) is 10.6. The number of hydrogen-bond acceptors (Lipinski definition) is 1. The van der Waals surface area contributed by atoms with Gasteiger partial charge in [0.2, 0.25) is 0 Å². The van der Waals surface area contributed by atoms with Crippen molar-refractivity contribution in [2.45, 2.75) is 6.42 Å². The van der Waals surface area contributed by atoms with Crippen LogP contribution in [0, 0.1) is 0 Å². The molecule has 0 bridgehead atoms. The van der Waals surface area contributed by atoms with Crippen molar-refractivity contribution in [3.63, 3.8) is 0 Å². The SMILES string of the molecule is O=CC(=CCc1ccccc1Cl)c1ccccc1. The van der Waals surface area contributed by atoms with Gasteiger partial charge in [0, 0.05) is 10.6 Å². The van der Waals surface area contributed by atoms with E-state index in [0.29, 0.717) is 12.0 Å². The van der Waals surface area contributed by atoms with Gasteiger partial charge in [-0.3, -0.25) is 4.79 Å². The molecule has 2 heteroatoms. The molecule has 0 saturated heterocycles. The van der Waals surface area contributed by atoms with Crippen LogP contribution in [0.3, 0.4) is 0 Å². The number of carbonyl (C=O) groups is 1. The first-order chi connectivity index (χ1) is 8.81. The molecule has 1 nitrogen and oxygen atoms in total. The fourth-order valence-electron chi connectivity index (χ4n) is 1.75. The van der Waals surface area contributed by atoms with Gasteiger partial charge < -0.3 is 0 Å². The Bertz CT molecular complexity index is 558. The van der Waals surface area contributed by atoms with Crippen LogP contribution in [-0.2, 0) is 11.2 Å². The van der Waals surface area contributed by atoms with Crippen LogP contribution in [0.1, 0.15) is 11.1 Å². The molecule has 0 unspecified atom stereocenters. The average molecular weight is 257 g/mol. The second-order valence-corrected chi connectivity index (χ2v) is 4.35. The second-order valence-electron chi connectivity index (χ2n) is 3.94. The lowest BCUT2D eigenvalue weighted by Crippen LogP contribution is -1.88. The minimum Gasteiger partial charge on any atom is -0.298 e. The predicted molar refractivity (Wildman–Crippen MR) is 75.6 cm³/mol. The highest BCUT2D eigenvalue weighted by Crippen LogP contribution is 2.18. The van der Waals surface area contributed by atoms with E-state index >= 15 is 0 Å². The molecule has 0 aliphatic carbocycles. The van der Waals surface area contributed by atoms with Crippen LogP contribution in [0.5, 0.6) is 0 Å². The summed E-state index contributed by atoms with van der Waals surface area (Å²) in [5, 5.41) is 0.729. The number of hydrogen-bond donors (Lipinski definition) is 0. The number of allylic oxidation sites excluding steroid dienone is 2. The fraction of sp³-hybridized carbons (Fsp3) is 0.0625. The lowest BCUT2D eigenvalue weighted by Gasteiger charge is -2.02. The summed E-state index contributed by atoms with van der Waals surface area (Å²) in [6, 6.07) is 17.3. The minimum absolute atomic E-state index is 0.655. The molecule has 2 rings (SSSR count). The molecule has 0 aromatic heterocycles. The Hall–Kier alpha value is -1.86. The molecular formula is C16H13ClO. The zero-order chi connectivity index (χ0) is 12.8. The molecule has 0 spiro atoms. The number of halogens is 1. The summed E-state index contributed by atoms with van der Waals surface area (Å²) in [6.07, 6.45) is 3.44. The molecule has 0 N–H and O–H groups in total. The summed E-state index contributed by atoms with van der Waals surface area (Å²) in [5.41, 5.74) is 2.64. The van der Waals surface area contributed by atoms with Gasteiger partial charge in [0.15, 0.2) is 0 Å². The molecule has 90 valence electrons. The number of benzene rings is 2. The van der Waals surface area contributed by atoms with Gasteiger partial charge in [0.05, 0.1) is 0 Å². The van der Waals surface area contributed by atoms with Gasteiger partial charge in [-0.25, -0.2) is 0 Å². The molecule has 0 heterocycles.